The summed E-state index contributed by atoms with van der Waals surface area (Å²) in [5, 5.41) is 0.136. The minimum absolute atomic E-state index is 0.0632. The van der Waals surface area contributed by atoms with Crippen molar-refractivity contribution in [3.63, 3.8) is 0 Å². The summed E-state index contributed by atoms with van der Waals surface area (Å²) >= 11 is 5.70. The fourth-order valence-corrected chi connectivity index (χ4v) is 2.41. The van der Waals surface area contributed by atoms with Crippen molar-refractivity contribution in [1.29, 1.82) is 0 Å². The van der Waals surface area contributed by atoms with Crippen molar-refractivity contribution >= 4 is 11.6 Å². The normalized spacial score (nSPS) is 12.7. The van der Waals surface area contributed by atoms with Gasteiger partial charge in [-0.15, -0.1) is 0 Å². The molecule has 0 amide bonds. The monoisotopic (exact) mass is 306 g/mol. The Balaban J connectivity index is 2.17. The van der Waals surface area contributed by atoms with Crippen molar-refractivity contribution in [3.05, 3.63) is 70.0 Å². The van der Waals surface area contributed by atoms with Crippen molar-refractivity contribution in [2.24, 2.45) is 5.84 Å². The van der Waals surface area contributed by atoms with Gasteiger partial charge in [-0.2, -0.15) is 0 Å². The summed E-state index contributed by atoms with van der Waals surface area (Å²) in [6, 6.07) is 13.1. The number of benzene rings is 2. The van der Waals surface area contributed by atoms with Crippen molar-refractivity contribution in [1.82, 2.24) is 5.43 Å². The van der Waals surface area contributed by atoms with E-state index in [0.717, 1.165) is 11.1 Å². The Morgan fingerprint density at radius 2 is 1.71 bits per heavy atom. The largest absolute Gasteiger partial charge is 0.271 e. The van der Waals surface area contributed by atoms with Gasteiger partial charge in [-0.3, -0.25) is 11.3 Å². The quantitative estimate of drug-likeness (QED) is 0.636. The molecule has 0 saturated carbocycles. The average molecular weight is 307 g/mol. The zero-order valence-corrected chi connectivity index (χ0v) is 13.0. The Morgan fingerprint density at radius 1 is 1.10 bits per heavy atom. The summed E-state index contributed by atoms with van der Waals surface area (Å²) in [6.07, 6.45) is 0.603. The van der Waals surface area contributed by atoms with Crippen LogP contribution in [0.15, 0.2) is 42.5 Å². The van der Waals surface area contributed by atoms with E-state index in [-0.39, 0.29) is 11.1 Å². The minimum atomic E-state index is -0.403. The van der Waals surface area contributed by atoms with E-state index in [9.17, 15) is 4.39 Å². The maximum absolute atomic E-state index is 13.5. The lowest BCUT2D eigenvalue weighted by atomic mass is 9.96. The zero-order valence-electron chi connectivity index (χ0n) is 12.2. The average Bonchev–Trinajstić information content (AvgIpc) is 2.48. The molecule has 1 unspecified atom stereocenters. The number of hydrazine groups is 1. The highest BCUT2D eigenvalue weighted by molar-refractivity contribution is 6.30. The predicted molar refractivity (Wildman–Crippen MR) is 85.7 cm³/mol. The van der Waals surface area contributed by atoms with E-state index in [0.29, 0.717) is 12.3 Å². The molecular weight excluding hydrogens is 287 g/mol. The lowest BCUT2D eigenvalue weighted by molar-refractivity contribution is 0.548. The fourth-order valence-electron chi connectivity index (χ4n) is 2.29. The van der Waals surface area contributed by atoms with Crippen LogP contribution >= 0.6 is 11.6 Å². The van der Waals surface area contributed by atoms with Crippen LogP contribution in [0.1, 0.15) is 42.5 Å². The highest BCUT2D eigenvalue weighted by atomic mass is 35.5. The van der Waals surface area contributed by atoms with Crippen LogP contribution < -0.4 is 11.3 Å². The summed E-state index contributed by atoms with van der Waals surface area (Å²) in [6.45, 7) is 4.31. The van der Waals surface area contributed by atoms with Gasteiger partial charge in [0.1, 0.15) is 5.82 Å². The maximum Gasteiger partial charge on any atom is 0.142 e. The van der Waals surface area contributed by atoms with Crippen molar-refractivity contribution in [3.8, 4) is 0 Å². The highest BCUT2D eigenvalue weighted by Gasteiger charge is 2.12. The molecule has 0 aliphatic rings. The van der Waals surface area contributed by atoms with Gasteiger partial charge < -0.3 is 0 Å². The van der Waals surface area contributed by atoms with E-state index in [1.165, 1.54) is 11.6 Å². The van der Waals surface area contributed by atoms with Crippen LogP contribution in [-0.4, -0.2) is 0 Å². The van der Waals surface area contributed by atoms with Gasteiger partial charge in [0.15, 0.2) is 0 Å². The summed E-state index contributed by atoms with van der Waals surface area (Å²) in [5.41, 5.74) is 6.01. The molecule has 4 heteroatoms. The van der Waals surface area contributed by atoms with Crippen LogP contribution in [0.25, 0.3) is 0 Å². The molecule has 0 heterocycles. The molecule has 0 saturated heterocycles. The Labute approximate surface area is 130 Å². The first-order valence-corrected chi connectivity index (χ1v) is 7.39. The molecule has 112 valence electrons. The van der Waals surface area contributed by atoms with Crippen LogP contribution in [0.4, 0.5) is 4.39 Å². The standard InChI is InChI=1S/C17H20ClFN2/c1-11(2)13-4-6-14(7-5-13)17(21-20)10-12-3-8-15(18)16(19)9-12/h3-9,11,17,21H,10,20H2,1-2H3. The molecule has 0 spiro atoms. The third kappa shape index (κ3) is 4.03. The van der Waals surface area contributed by atoms with Crippen molar-refractivity contribution < 1.29 is 4.39 Å². The second kappa shape index (κ2) is 7.03. The Kier molecular flexibility index (Phi) is 5.34. The molecule has 1 atom stereocenters. The molecule has 21 heavy (non-hydrogen) atoms. The second-order valence-electron chi connectivity index (χ2n) is 5.49. The summed E-state index contributed by atoms with van der Waals surface area (Å²) in [5.74, 6) is 5.74. The number of nitrogens with one attached hydrogen (secondary N) is 1. The molecule has 2 rings (SSSR count). The lowest BCUT2D eigenvalue weighted by Crippen LogP contribution is -2.29. The summed E-state index contributed by atoms with van der Waals surface area (Å²) in [7, 11) is 0. The molecule has 0 aliphatic carbocycles. The highest BCUT2D eigenvalue weighted by Crippen LogP contribution is 2.23. The molecule has 2 nitrogen and oxygen atoms in total. The first-order valence-electron chi connectivity index (χ1n) is 7.01. The molecule has 2 aromatic carbocycles. The van der Waals surface area contributed by atoms with Crippen LogP contribution in [0, 0.1) is 5.82 Å². The molecule has 0 aliphatic heterocycles. The lowest BCUT2D eigenvalue weighted by Gasteiger charge is -2.17. The predicted octanol–water partition coefficient (Wildman–Crippen LogP) is 4.35. The van der Waals surface area contributed by atoms with E-state index in [2.05, 4.69) is 43.5 Å². The number of halogens is 2. The smallest absolute Gasteiger partial charge is 0.142 e. The third-order valence-corrected chi connectivity index (χ3v) is 3.94. The first kappa shape index (κ1) is 16.0. The number of hydrogen-bond acceptors (Lipinski definition) is 2. The second-order valence-corrected chi connectivity index (χ2v) is 5.90. The van der Waals surface area contributed by atoms with E-state index in [1.807, 2.05) is 6.07 Å². The van der Waals surface area contributed by atoms with Gasteiger partial charge in [-0.25, -0.2) is 4.39 Å². The van der Waals surface area contributed by atoms with Gasteiger partial charge in [0, 0.05) is 6.04 Å². The van der Waals surface area contributed by atoms with Gasteiger partial charge in [-0.05, 0) is 41.2 Å². The van der Waals surface area contributed by atoms with Gasteiger partial charge in [0.2, 0.25) is 0 Å². The van der Waals surface area contributed by atoms with Crippen LogP contribution in [0.2, 0.25) is 5.02 Å². The summed E-state index contributed by atoms with van der Waals surface area (Å²) < 4.78 is 13.5. The van der Waals surface area contributed by atoms with E-state index < -0.39 is 5.82 Å². The molecule has 0 bridgehead atoms. The molecule has 3 N–H and O–H groups in total. The zero-order chi connectivity index (χ0) is 15.4. The van der Waals surface area contributed by atoms with Crippen LogP contribution in [0.5, 0.6) is 0 Å². The minimum Gasteiger partial charge on any atom is -0.271 e. The maximum atomic E-state index is 13.5. The third-order valence-electron chi connectivity index (χ3n) is 3.63. The number of hydrogen-bond donors (Lipinski definition) is 2. The molecule has 0 fully saturated rings. The van der Waals surface area contributed by atoms with Gasteiger partial charge in [0.05, 0.1) is 5.02 Å². The topological polar surface area (TPSA) is 38.0 Å². The summed E-state index contributed by atoms with van der Waals surface area (Å²) in [4.78, 5) is 0. The Morgan fingerprint density at radius 3 is 2.24 bits per heavy atom. The number of nitrogens with two attached hydrogens (primary N) is 1. The SMILES string of the molecule is CC(C)c1ccc(C(Cc2ccc(Cl)c(F)c2)NN)cc1. The molecule has 0 aromatic heterocycles. The number of rotatable bonds is 5. The van der Waals surface area contributed by atoms with Crippen LogP contribution in [-0.2, 0) is 6.42 Å². The van der Waals surface area contributed by atoms with E-state index in [1.54, 1.807) is 6.07 Å². The van der Waals surface area contributed by atoms with Crippen molar-refractivity contribution in [2.75, 3.05) is 0 Å². The fraction of sp³-hybridized carbons (Fsp3) is 0.294. The first-order chi connectivity index (χ1) is 10.0. The van der Waals surface area contributed by atoms with Gasteiger partial charge in [0.25, 0.3) is 0 Å². The Hall–Kier alpha value is -1.42. The van der Waals surface area contributed by atoms with E-state index in [4.69, 9.17) is 17.4 Å². The van der Waals surface area contributed by atoms with E-state index >= 15 is 0 Å². The van der Waals surface area contributed by atoms with Gasteiger partial charge >= 0.3 is 0 Å². The molecule has 0 radical (unpaired) electrons. The molecule has 2 aromatic rings. The van der Waals surface area contributed by atoms with Gasteiger partial charge in [-0.1, -0.05) is 55.8 Å². The van der Waals surface area contributed by atoms with Crippen molar-refractivity contribution in [2.45, 2.75) is 32.2 Å². The van der Waals surface area contributed by atoms with Crippen LogP contribution in [0.3, 0.4) is 0 Å². The Bertz CT molecular complexity index is 596. The molecular formula is C17H20ClFN2.